The van der Waals surface area contributed by atoms with Gasteiger partial charge in [-0.2, -0.15) is 0 Å². The third kappa shape index (κ3) is 6.52. The van der Waals surface area contributed by atoms with Crippen molar-refractivity contribution in [3.05, 3.63) is 71.8 Å². The van der Waals surface area contributed by atoms with Gasteiger partial charge >= 0.3 is 0 Å². The number of hydrogen-bond donors (Lipinski definition) is 2. The first-order valence-corrected chi connectivity index (χ1v) is 13.7. The molecular weight excluding hydrogens is 494 g/mol. The van der Waals surface area contributed by atoms with E-state index in [2.05, 4.69) is 9.80 Å². The Kier molecular flexibility index (Phi) is 7.89. The SMILES string of the molecule is COc1cc(-c2cccc(O)c2)cc(OC)c1CN1CCN(c2ccc(C(=O)NS(C)(=O)=O)cc2)CC1. The van der Waals surface area contributed by atoms with E-state index in [0.29, 0.717) is 12.1 Å². The average molecular weight is 526 g/mol. The molecule has 1 heterocycles. The van der Waals surface area contributed by atoms with Gasteiger partial charge in [0.1, 0.15) is 17.2 Å². The number of hydrogen-bond acceptors (Lipinski definition) is 8. The van der Waals surface area contributed by atoms with Crippen molar-refractivity contribution >= 4 is 21.6 Å². The van der Waals surface area contributed by atoms with Gasteiger partial charge in [0.2, 0.25) is 10.0 Å². The standard InChI is InChI=1S/C27H31N3O6S/c1-35-25-16-21(20-5-4-6-23(31)15-20)17-26(36-2)24(25)18-29-11-13-30(14-12-29)22-9-7-19(8-10-22)27(32)28-37(3,33)34/h4-10,15-17,31H,11-14,18H2,1-3H3,(H,28,32). The van der Waals surface area contributed by atoms with Gasteiger partial charge in [0.25, 0.3) is 5.91 Å². The lowest BCUT2D eigenvalue weighted by molar-refractivity contribution is 0.0981. The van der Waals surface area contributed by atoms with Crippen LogP contribution in [0.1, 0.15) is 15.9 Å². The topological polar surface area (TPSA) is 108 Å². The summed E-state index contributed by atoms with van der Waals surface area (Å²) in [5.41, 5.74) is 3.99. The first-order valence-electron chi connectivity index (χ1n) is 11.8. The molecule has 1 aliphatic heterocycles. The number of nitrogens with one attached hydrogen (secondary N) is 1. The zero-order chi connectivity index (χ0) is 26.6. The van der Waals surface area contributed by atoms with E-state index in [9.17, 15) is 18.3 Å². The summed E-state index contributed by atoms with van der Waals surface area (Å²) in [4.78, 5) is 16.6. The van der Waals surface area contributed by atoms with Crippen LogP contribution < -0.4 is 19.1 Å². The minimum absolute atomic E-state index is 0.198. The van der Waals surface area contributed by atoms with Gasteiger partial charge in [0.05, 0.1) is 26.0 Å². The van der Waals surface area contributed by atoms with E-state index in [0.717, 1.165) is 66.3 Å². The van der Waals surface area contributed by atoms with Gasteiger partial charge in [0, 0.05) is 44.0 Å². The van der Waals surface area contributed by atoms with E-state index in [1.807, 2.05) is 35.1 Å². The maximum atomic E-state index is 12.0. The first kappa shape index (κ1) is 26.3. The fourth-order valence-corrected chi connectivity index (χ4v) is 4.89. The van der Waals surface area contributed by atoms with Gasteiger partial charge < -0.3 is 19.5 Å². The number of ether oxygens (including phenoxy) is 2. The largest absolute Gasteiger partial charge is 0.508 e. The van der Waals surface area contributed by atoms with Crippen molar-refractivity contribution in [3.8, 4) is 28.4 Å². The summed E-state index contributed by atoms with van der Waals surface area (Å²) in [7, 11) is -0.324. The lowest BCUT2D eigenvalue weighted by atomic mass is 10.0. The monoisotopic (exact) mass is 525 g/mol. The van der Waals surface area contributed by atoms with Crippen LogP contribution in [0.5, 0.6) is 17.2 Å². The van der Waals surface area contributed by atoms with Crippen LogP contribution in [-0.2, 0) is 16.6 Å². The van der Waals surface area contributed by atoms with Crippen molar-refractivity contribution < 1.29 is 27.8 Å². The number of nitrogens with zero attached hydrogens (tertiary/aromatic N) is 2. The molecule has 3 aromatic rings. The molecule has 1 fully saturated rings. The molecule has 0 aromatic heterocycles. The quantitative estimate of drug-likeness (QED) is 0.462. The van der Waals surface area contributed by atoms with Crippen molar-refractivity contribution in [2.75, 3.05) is 51.6 Å². The Hall–Kier alpha value is -3.76. The molecule has 0 spiro atoms. The molecule has 1 aliphatic rings. The number of anilines is 1. The number of rotatable bonds is 8. The second kappa shape index (κ2) is 11.1. The Bertz CT molecular complexity index is 1340. The second-order valence-corrected chi connectivity index (χ2v) is 10.7. The lowest BCUT2D eigenvalue weighted by Gasteiger charge is -2.36. The molecule has 0 radical (unpaired) electrons. The van der Waals surface area contributed by atoms with Crippen LogP contribution in [0, 0.1) is 0 Å². The molecule has 10 heteroatoms. The maximum Gasteiger partial charge on any atom is 0.264 e. The number of aromatic hydroxyl groups is 1. The molecule has 0 bridgehead atoms. The summed E-state index contributed by atoms with van der Waals surface area (Å²) in [5.74, 6) is 1.01. The molecule has 3 aromatic carbocycles. The Balaban J connectivity index is 1.43. The normalized spacial score (nSPS) is 14.3. The first-order chi connectivity index (χ1) is 17.7. The lowest BCUT2D eigenvalue weighted by Crippen LogP contribution is -2.46. The predicted octanol–water partition coefficient (Wildman–Crippen LogP) is 3.09. The van der Waals surface area contributed by atoms with E-state index in [4.69, 9.17) is 9.47 Å². The molecule has 2 N–H and O–H groups in total. The van der Waals surface area contributed by atoms with E-state index >= 15 is 0 Å². The molecule has 196 valence electrons. The predicted molar refractivity (Wildman–Crippen MR) is 143 cm³/mol. The summed E-state index contributed by atoms with van der Waals surface area (Å²) >= 11 is 0. The molecule has 0 unspecified atom stereocenters. The van der Waals surface area contributed by atoms with Gasteiger partial charge in [-0.1, -0.05) is 12.1 Å². The van der Waals surface area contributed by atoms with Crippen LogP contribution in [0.25, 0.3) is 11.1 Å². The van der Waals surface area contributed by atoms with Gasteiger partial charge in [-0.25, -0.2) is 13.1 Å². The molecule has 37 heavy (non-hydrogen) atoms. The number of sulfonamides is 1. The molecule has 0 aliphatic carbocycles. The molecule has 0 saturated carbocycles. The van der Waals surface area contributed by atoms with Crippen molar-refractivity contribution in [2.24, 2.45) is 0 Å². The molecule has 9 nitrogen and oxygen atoms in total. The summed E-state index contributed by atoms with van der Waals surface area (Å²) in [5, 5.41) is 9.87. The Morgan fingerprint density at radius 3 is 2.08 bits per heavy atom. The van der Waals surface area contributed by atoms with Crippen molar-refractivity contribution in [1.29, 1.82) is 0 Å². The smallest absolute Gasteiger partial charge is 0.264 e. The summed E-state index contributed by atoms with van der Waals surface area (Å²) in [6.07, 6.45) is 0.952. The van der Waals surface area contributed by atoms with Gasteiger partial charge in [-0.05, 0) is 59.7 Å². The Morgan fingerprint density at radius 2 is 1.54 bits per heavy atom. The number of piperazine rings is 1. The van der Waals surface area contributed by atoms with Crippen LogP contribution in [0.15, 0.2) is 60.7 Å². The molecule has 4 rings (SSSR count). The Labute approximate surface area is 217 Å². The van der Waals surface area contributed by atoms with E-state index in [1.54, 1.807) is 44.6 Å². The van der Waals surface area contributed by atoms with Crippen LogP contribution in [0.2, 0.25) is 0 Å². The van der Waals surface area contributed by atoms with E-state index in [-0.39, 0.29) is 5.75 Å². The summed E-state index contributed by atoms with van der Waals surface area (Å²) < 4.78 is 36.0. The van der Waals surface area contributed by atoms with Crippen LogP contribution >= 0.6 is 0 Å². The number of carbonyl (C=O) groups excluding carboxylic acids is 1. The molecule has 1 saturated heterocycles. The summed E-state index contributed by atoms with van der Waals surface area (Å²) in [6, 6.07) is 17.9. The zero-order valence-electron chi connectivity index (χ0n) is 21.1. The van der Waals surface area contributed by atoms with Gasteiger partial charge in [-0.3, -0.25) is 9.69 Å². The van der Waals surface area contributed by atoms with Crippen molar-refractivity contribution in [3.63, 3.8) is 0 Å². The zero-order valence-corrected chi connectivity index (χ0v) is 21.9. The highest BCUT2D eigenvalue weighted by molar-refractivity contribution is 7.89. The highest BCUT2D eigenvalue weighted by atomic mass is 32.2. The van der Waals surface area contributed by atoms with Crippen LogP contribution in [0.4, 0.5) is 5.69 Å². The van der Waals surface area contributed by atoms with E-state index < -0.39 is 15.9 Å². The van der Waals surface area contributed by atoms with Crippen LogP contribution in [0.3, 0.4) is 0 Å². The van der Waals surface area contributed by atoms with Gasteiger partial charge in [-0.15, -0.1) is 0 Å². The van der Waals surface area contributed by atoms with Crippen LogP contribution in [-0.4, -0.2) is 71.0 Å². The summed E-state index contributed by atoms with van der Waals surface area (Å²) in [6.45, 7) is 3.88. The number of benzene rings is 3. The number of amides is 1. The highest BCUT2D eigenvalue weighted by Crippen LogP contribution is 2.37. The molecule has 1 amide bonds. The van der Waals surface area contributed by atoms with Crippen molar-refractivity contribution in [2.45, 2.75) is 6.54 Å². The van der Waals surface area contributed by atoms with E-state index in [1.165, 1.54) is 0 Å². The average Bonchev–Trinajstić information content (AvgIpc) is 2.88. The molecular formula is C27H31N3O6S. The second-order valence-electron chi connectivity index (χ2n) is 8.92. The number of phenols is 1. The number of methoxy groups -OCH3 is 2. The minimum Gasteiger partial charge on any atom is -0.508 e. The minimum atomic E-state index is -3.61. The van der Waals surface area contributed by atoms with Crippen molar-refractivity contribution in [1.82, 2.24) is 9.62 Å². The maximum absolute atomic E-state index is 12.0. The third-order valence-corrected chi connectivity index (χ3v) is 6.87. The number of carbonyl (C=O) groups is 1. The molecule has 0 atom stereocenters. The third-order valence-electron chi connectivity index (χ3n) is 6.31. The Morgan fingerprint density at radius 1 is 0.919 bits per heavy atom. The number of phenolic OH excluding ortho intramolecular Hbond substituents is 1. The van der Waals surface area contributed by atoms with Gasteiger partial charge in [0.15, 0.2) is 0 Å². The fraction of sp³-hybridized carbons (Fsp3) is 0.296. The highest BCUT2D eigenvalue weighted by Gasteiger charge is 2.22. The fourth-order valence-electron chi connectivity index (χ4n) is 4.43.